The van der Waals surface area contributed by atoms with Gasteiger partial charge in [0.25, 0.3) is 35.4 Å². The highest BCUT2D eigenvalue weighted by Gasteiger charge is 2.49. The van der Waals surface area contributed by atoms with Gasteiger partial charge in [-0.1, -0.05) is 130 Å². The molecule has 4 atom stereocenters. The summed E-state index contributed by atoms with van der Waals surface area (Å²) in [6, 6.07) is 24.4. The molecular weight excluding hydrogens is 1630 g/mol. The van der Waals surface area contributed by atoms with Crippen molar-refractivity contribution in [2.24, 2.45) is 0 Å². The van der Waals surface area contributed by atoms with Crippen LogP contribution in [0.25, 0.3) is 0 Å². The number of amides is 12. The third-order valence-electron chi connectivity index (χ3n) is 24.1. The van der Waals surface area contributed by atoms with Gasteiger partial charge in [0.05, 0.1) is 64.8 Å². The fourth-order valence-corrected chi connectivity index (χ4v) is 17.4. The van der Waals surface area contributed by atoms with E-state index in [0.717, 1.165) is 142 Å². The van der Waals surface area contributed by atoms with Crippen molar-refractivity contribution in [2.45, 2.75) is 245 Å². The number of aromatic nitrogens is 2. The van der Waals surface area contributed by atoms with E-state index >= 15 is 0 Å². The summed E-state index contributed by atoms with van der Waals surface area (Å²) in [5, 5.41) is 25.9. The molecule has 4 fully saturated rings. The summed E-state index contributed by atoms with van der Waals surface area (Å²) in [7, 11) is 6.63. The lowest BCUT2D eigenvalue weighted by Crippen LogP contribution is -2.54. The van der Waals surface area contributed by atoms with Crippen LogP contribution in [-0.2, 0) is 38.4 Å². The van der Waals surface area contributed by atoms with E-state index < -0.39 is 65.3 Å². The molecule has 2 saturated carbocycles. The number of rotatable bonds is 36. The number of Topliss-reactive ketones (excluding diaryl/α,β-unsaturated/α-hetero) is 1. The number of carboxylic acids is 1. The number of hydrogen-bond acceptors (Lipinski definition) is 24. The number of nitrogens with one attached hydrogen (secondary N) is 6. The first-order valence-electron chi connectivity index (χ1n) is 43.6. The molecule has 7 N–H and O–H groups in total. The number of ketones is 1. The molecule has 2 aromatic heterocycles. The minimum atomic E-state index is -1.09. The van der Waals surface area contributed by atoms with Crippen LogP contribution in [-0.4, -0.2) is 198 Å². The average Bonchev–Trinajstić information content (AvgIpc) is 1.48. The summed E-state index contributed by atoms with van der Waals surface area (Å²) in [5.74, 6) is -2.39. The summed E-state index contributed by atoms with van der Waals surface area (Å²) in [5.41, 5.74) is 3.77. The first-order chi connectivity index (χ1) is 60.3. The van der Waals surface area contributed by atoms with Crippen LogP contribution in [0.15, 0.2) is 97.1 Å². The summed E-state index contributed by atoms with van der Waals surface area (Å²) in [6.45, 7) is 6.53. The third-order valence-corrected chi connectivity index (χ3v) is 24.1. The SMILES string of the molecule is C.C.CCCCCCCCCCC(=O)COc1cccc2c1C(=O)N(C1CCC(=O)NC1=O)C2=O.COc1cc(C(=O)NCCCCCCCCNC(=O)COc2cccc3c2C(=O)N(C2CCC(=O)NC2=O)C3=O)ccc1Nc1ccc2c(n1)N(C1CCCC1)[C@H](C)C(=O)N2C.COc1cc(C(=O)O)ccc1Nc1ccc2c(n1)N(C1CCCC1)[C@H](C)C(=O)N2C. The van der Waals surface area contributed by atoms with Crippen LogP contribution in [0.1, 0.15) is 271 Å². The molecule has 680 valence electrons. The number of nitrogens with zero attached hydrogens (tertiary/aromatic N) is 8. The highest BCUT2D eigenvalue weighted by molar-refractivity contribution is 6.26. The Morgan fingerprint density at radius 3 is 1.34 bits per heavy atom. The van der Waals surface area contributed by atoms with E-state index in [0.29, 0.717) is 65.6 Å². The molecule has 0 bridgehead atoms. The number of carbonyl (C=O) groups excluding carboxylic acids is 13. The molecule has 33 nitrogen and oxygen atoms in total. The number of imide groups is 4. The molecule has 8 aliphatic rings. The van der Waals surface area contributed by atoms with E-state index in [9.17, 15) is 72.2 Å². The van der Waals surface area contributed by atoms with Gasteiger partial charge in [-0.15, -0.1) is 0 Å². The number of unbranched alkanes of at least 4 members (excludes halogenated alkanes) is 12. The maximum atomic E-state index is 13.2. The van der Waals surface area contributed by atoms with Crippen LogP contribution < -0.4 is 70.4 Å². The summed E-state index contributed by atoms with van der Waals surface area (Å²) in [6.07, 6.45) is 23.9. The lowest BCUT2D eigenvalue weighted by Gasteiger charge is -2.42. The van der Waals surface area contributed by atoms with Crippen molar-refractivity contribution in [3.63, 3.8) is 0 Å². The molecule has 4 aromatic carbocycles. The van der Waals surface area contributed by atoms with Crippen molar-refractivity contribution < 1.29 is 91.2 Å². The minimum absolute atomic E-state index is 0. The summed E-state index contributed by atoms with van der Waals surface area (Å²) < 4.78 is 22.3. The molecule has 2 unspecified atom stereocenters. The molecule has 127 heavy (non-hydrogen) atoms. The molecule has 2 saturated heterocycles. The Hall–Kier alpha value is -12.8. The van der Waals surface area contributed by atoms with Crippen molar-refractivity contribution in [3.05, 3.63) is 130 Å². The monoisotopic (exact) mass is 1750 g/mol. The third kappa shape index (κ3) is 22.7. The number of pyridine rings is 2. The van der Waals surface area contributed by atoms with Gasteiger partial charge in [-0.25, -0.2) is 14.8 Å². The van der Waals surface area contributed by atoms with Crippen molar-refractivity contribution in [2.75, 3.05) is 84.9 Å². The van der Waals surface area contributed by atoms with E-state index in [-0.39, 0.29) is 141 Å². The number of ether oxygens (including phenoxy) is 4. The number of methoxy groups -OCH3 is 2. The molecule has 33 heteroatoms. The number of anilines is 8. The fourth-order valence-electron chi connectivity index (χ4n) is 17.4. The van der Waals surface area contributed by atoms with E-state index in [2.05, 4.69) is 48.6 Å². The lowest BCUT2D eigenvalue weighted by atomic mass is 10.0. The number of piperidine rings is 2. The number of carbonyl (C=O) groups is 14. The van der Waals surface area contributed by atoms with Crippen molar-refractivity contribution in [1.82, 2.24) is 41.0 Å². The molecule has 8 heterocycles. The maximum absolute atomic E-state index is 13.2. The minimum Gasteiger partial charge on any atom is -0.495 e. The van der Waals surface area contributed by atoms with Crippen molar-refractivity contribution >= 4 is 129 Å². The van der Waals surface area contributed by atoms with Crippen molar-refractivity contribution in [3.8, 4) is 23.0 Å². The van der Waals surface area contributed by atoms with Gasteiger partial charge in [0.2, 0.25) is 35.4 Å². The molecule has 6 aliphatic heterocycles. The van der Waals surface area contributed by atoms with Gasteiger partial charge in [-0.2, -0.15) is 0 Å². The highest BCUT2D eigenvalue weighted by Crippen LogP contribution is 2.44. The topological polar surface area (TPSA) is 414 Å². The smallest absolute Gasteiger partial charge is 0.335 e. The van der Waals surface area contributed by atoms with Gasteiger partial charge < -0.3 is 64.9 Å². The highest BCUT2D eigenvalue weighted by atomic mass is 16.5. The number of carboxylic acid groups (broad SMARTS) is 1. The first-order valence-corrected chi connectivity index (χ1v) is 43.6. The molecule has 12 amide bonds. The Bertz CT molecular complexity index is 5080. The number of fused-ring (bicyclic) bond motifs is 4. The first kappa shape index (κ1) is 96.4. The van der Waals surface area contributed by atoms with E-state index in [1.807, 2.05) is 38.1 Å². The van der Waals surface area contributed by atoms with Crippen LogP contribution in [0.4, 0.5) is 46.0 Å². The second kappa shape index (κ2) is 44.8. The van der Waals surface area contributed by atoms with Crippen LogP contribution in [0, 0.1) is 0 Å². The summed E-state index contributed by atoms with van der Waals surface area (Å²) >= 11 is 0. The zero-order chi connectivity index (χ0) is 89.1. The normalized spacial score (nSPS) is 18.3. The Morgan fingerprint density at radius 2 is 0.898 bits per heavy atom. The Balaban J connectivity index is 0.000000217. The molecule has 2 aliphatic carbocycles. The molecule has 6 aromatic rings. The van der Waals surface area contributed by atoms with E-state index in [4.69, 9.17) is 28.9 Å². The quantitative estimate of drug-likeness (QED) is 0.0142. The molecule has 0 spiro atoms. The van der Waals surface area contributed by atoms with Gasteiger partial charge in [-0.3, -0.25) is 82.8 Å². The number of benzene rings is 4. The molecule has 0 radical (unpaired) electrons. The zero-order valence-electron chi connectivity index (χ0n) is 72.0. The largest absolute Gasteiger partial charge is 0.495 e. The van der Waals surface area contributed by atoms with Gasteiger partial charge >= 0.3 is 5.97 Å². The standard InChI is InChI=1S/C45H54N8O9.C25H32N2O6.C22H26N4O4.2CH4/c1-27-43(58)51(2)32-19-21-36(49-40(32)52(27)29-13-8-9-14-29)48-31-18-17-28(25-35(31)61-3)41(56)47-24-11-7-5-4-6-10-23-46-38(55)26-62-34-16-12-15-30-39(34)45(60)53(44(30)59)33-20-22-37(54)50-42(33)57;1-2-3-4-5-6-7-8-9-11-17(28)16-33-20-13-10-12-18-22(20)25(32)27(24(18)31)19-14-15-21(29)26-23(19)30;1-13-21(27)25(2)17-10-11-19(24-20(17)26(13)15-6-4-5-7-15)23-16-9-8-14(22(28)29)12-18(16)30-3;;/h12,15-19,21,25,27,29,33H,4-11,13-14,20,22-24,26H2,1-3H3,(H,46,55)(H,47,56)(H,48,49)(H,50,54,57);10,12-13,19H,2-9,11,14-16H2,1H3,(H,26,29,30);8-13,15H,4-7H2,1-3H3,(H,23,24)(H,28,29);2*1H4/t27-,33?;;13-;;/m1.1../s1. The zero-order valence-corrected chi connectivity index (χ0v) is 72.0. The molecular formula is C94H120N14O19. The van der Waals surface area contributed by atoms with E-state index in [1.54, 1.807) is 67.4 Å². The Kier molecular flexibility index (Phi) is 34.0. The lowest BCUT2D eigenvalue weighted by molar-refractivity contribution is -0.137. The predicted octanol–water partition coefficient (Wildman–Crippen LogP) is 13.1. The maximum Gasteiger partial charge on any atom is 0.335 e. The van der Waals surface area contributed by atoms with Gasteiger partial charge in [0.1, 0.15) is 65.4 Å². The fraction of sp³-hybridized carbons (Fsp3) is 0.489. The number of hydrogen-bond donors (Lipinski definition) is 7. The second-order valence-electron chi connectivity index (χ2n) is 32.6. The second-order valence-corrected chi connectivity index (χ2v) is 32.6. The average molecular weight is 1750 g/mol. The Labute approximate surface area is 740 Å². The van der Waals surface area contributed by atoms with Gasteiger partial charge in [0.15, 0.2) is 24.0 Å². The van der Waals surface area contributed by atoms with Crippen molar-refractivity contribution in [1.29, 1.82) is 0 Å². The van der Waals surface area contributed by atoms with Crippen LogP contribution >= 0.6 is 0 Å². The molecule has 14 rings (SSSR count). The predicted molar refractivity (Wildman–Crippen MR) is 479 cm³/mol. The number of likely N-dealkylation sites (N-methyl/N-ethyl adjacent to an activating group) is 2. The Morgan fingerprint density at radius 1 is 0.480 bits per heavy atom. The van der Waals surface area contributed by atoms with Crippen LogP contribution in [0.3, 0.4) is 0 Å². The van der Waals surface area contributed by atoms with Crippen LogP contribution in [0.2, 0.25) is 0 Å². The van der Waals surface area contributed by atoms with Gasteiger partial charge in [0, 0.05) is 64.1 Å². The van der Waals surface area contributed by atoms with E-state index in [1.165, 1.54) is 75.6 Å². The van der Waals surface area contributed by atoms with Gasteiger partial charge in [-0.05, 0) is 157 Å². The number of aromatic carboxylic acids is 1. The summed E-state index contributed by atoms with van der Waals surface area (Å²) in [4.78, 5) is 194. The van der Waals surface area contributed by atoms with Crippen LogP contribution in [0.5, 0.6) is 23.0 Å².